The average molecular weight is 347 g/mol. The van der Waals surface area contributed by atoms with Crippen molar-refractivity contribution in [3.05, 3.63) is 59.7 Å². The molecule has 4 rings (SSSR count). The molecule has 0 N–H and O–H groups in total. The normalized spacial score (nSPS) is 13.5. The summed E-state index contributed by atoms with van der Waals surface area (Å²) in [5.41, 5.74) is 3.45. The number of fused-ring (bicyclic) bond motifs is 2. The Labute approximate surface area is 150 Å². The topological polar surface area (TPSA) is 64.4 Å². The monoisotopic (exact) mass is 347 g/mol. The molecule has 0 spiro atoms. The highest BCUT2D eigenvalue weighted by atomic mass is 16.5. The zero-order valence-electron chi connectivity index (χ0n) is 14.5. The van der Waals surface area contributed by atoms with Crippen LogP contribution in [0.1, 0.15) is 6.92 Å². The summed E-state index contributed by atoms with van der Waals surface area (Å²) in [5, 5.41) is 0.520. The summed E-state index contributed by atoms with van der Waals surface area (Å²) in [6.07, 6.45) is 1.49. The minimum atomic E-state index is -0.155. The zero-order chi connectivity index (χ0) is 18.4. The summed E-state index contributed by atoms with van der Waals surface area (Å²) in [7, 11) is 1.72. The van der Waals surface area contributed by atoms with Crippen LogP contribution in [0.15, 0.2) is 54.1 Å². The molecule has 26 heavy (non-hydrogen) atoms. The van der Waals surface area contributed by atoms with Crippen molar-refractivity contribution < 1.29 is 9.53 Å². The molecule has 6 nitrogen and oxygen atoms in total. The van der Waals surface area contributed by atoms with Crippen LogP contribution < -0.4 is 15.2 Å². The Kier molecular flexibility index (Phi) is 3.61. The molecule has 0 atom stereocenters. The van der Waals surface area contributed by atoms with Crippen LogP contribution >= 0.6 is 0 Å². The number of hydrogen-bond acceptors (Lipinski definition) is 4. The Morgan fingerprint density at radius 1 is 1.23 bits per heavy atom. The van der Waals surface area contributed by atoms with E-state index in [2.05, 4.69) is 11.6 Å². The van der Waals surface area contributed by atoms with Crippen molar-refractivity contribution in [2.45, 2.75) is 6.92 Å². The Bertz CT molecular complexity index is 1130. The number of para-hydroxylation sites is 1. The lowest BCUT2D eigenvalue weighted by Crippen LogP contribution is -2.35. The smallest absolute Gasteiger partial charge is 0.265 e. The number of anilines is 1. The number of ether oxygens (including phenoxy) is 1. The maximum atomic E-state index is 12.7. The molecule has 1 aromatic heterocycles. The number of aromatic nitrogens is 2. The fourth-order valence-corrected chi connectivity index (χ4v) is 3.10. The number of carbonyl (C=O) groups excluding carboxylic acids is 1. The molecule has 2 heterocycles. The molecule has 1 aliphatic heterocycles. The lowest BCUT2D eigenvalue weighted by Gasteiger charge is -2.26. The first-order chi connectivity index (χ1) is 12.5. The van der Waals surface area contributed by atoms with Crippen LogP contribution in [0, 0.1) is 0 Å². The second-order valence-corrected chi connectivity index (χ2v) is 6.28. The van der Waals surface area contributed by atoms with Crippen LogP contribution in [-0.4, -0.2) is 29.1 Å². The Balaban J connectivity index is 1.93. The Hall–Kier alpha value is -3.41. The van der Waals surface area contributed by atoms with E-state index in [0.29, 0.717) is 28.0 Å². The number of benzene rings is 2. The van der Waals surface area contributed by atoms with E-state index in [0.717, 1.165) is 11.1 Å². The van der Waals surface area contributed by atoms with E-state index in [1.54, 1.807) is 24.9 Å². The number of amides is 1. The number of allylic oxidation sites excluding steroid dienone is 1. The van der Waals surface area contributed by atoms with Crippen molar-refractivity contribution in [1.29, 1.82) is 0 Å². The van der Waals surface area contributed by atoms with Crippen LogP contribution in [0.4, 0.5) is 5.69 Å². The number of rotatable bonds is 2. The van der Waals surface area contributed by atoms with E-state index in [4.69, 9.17) is 4.74 Å². The van der Waals surface area contributed by atoms with Crippen molar-refractivity contribution in [3.63, 3.8) is 0 Å². The first kappa shape index (κ1) is 16.1. The van der Waals surface area contributed by atoms with Crippen molar-refractivity contribution in [3.8, 4) is 16.9 Å². The van der Waals surface area contributed by atoms with E-state index in [-0.39, 0.29) is 18.1 Å². The van der Waals surface area contributed by atoms with Crippen molar-refractivity contribution in [1.82, 2.24) is 9.55 Å². The minimum absolute atomic E-state index is 0.0408. The van der Waals surface area contributed by atoms with Gasteiger partial charge in [-0.2, -0.15) is 0 Å². The molecule has 0 saturated heterocycles. The van der Waals surface area contributed by atoms with Gasteiger partial charge in [-0.1, -0.05) is 24.8 Å². The van der Waals surface area contributed by atoms with E-state index < -0.39 is 0 Å². The van der Waals surface area contributed by atoms with E-state index in [1.165, 1.54) is 10.9 Å². The third-order valence-electron chi connectivity index (χ3n) is 4.56. The molecule has 0 fully saturated rings. The highest BCUT2D eigenvalue weighted by Crippen LogP contribution is 2.36. The second-order valence-electron chi connectivity index (χ2n) is 6.28. The molecule has 0 unspecified atom stereocenters. The van der Waals surface area contributed by atoms with Gasteiger partial charge in [0.15, 0.2) is 6.61 Å². The van der Waals surface area contributed by atoms with Gasteiger partial charge < -0.3 is 9.64 Å². The second kappa shape index (κ2) is 5.84. The fraction of sp³-hybridized carbons (Fsp3) is 0.150. The van der Waals surface area contributed by atoms with Crippen molar-refractivity contribution in [2.75, 3.05) is 18.6 Å². The van der Waals surface area contributed by atoms with Crippen molar-refractivity contribution in [2.24, 2.45) is 0 Å². The fourth-order valence-electron chi connectivity index (χ4n) is 3.10. The molecule has 130 valence electrons. The summed E-state index contributed by atoms with van der Waals surface area (Å²) in [6.45, 7) is 5.61. The van der Waals surface area contributed by atoms with Gasteiger partial charge in [-0.05, 0) is 30.7 Å². The number of nitrogens with zero attached hydrogens (tertiary/aromatic N) is 3. The molecule has 0 saturated carbocycles. The van der Waals surface area contributed by atoms with Gasteiger partial charge in [-0.15, -0.1) is 0 Å². The van der Waals surface area contributed by atoms with E-state index in [9.17, 15) is 9.59 Å². The van der Waals surface area contributed by atoms with Crippen LogP contribution in [0.5, 0.6) is 5.75 Å². The van der Waals surface area contributed by atoms with Gasteiger partial charge in [0.25, 0.3) is 11.5 Å². The predicted molar refractivity (Wildman–Crippen MR) is 101 cm³/mol. The van der Waals surface area contributed by atoms with Crippen molar-refractivity contribution >= 4 is 28.2 Å². The number of hydrogen-bond donors (Lipinski definition) is 0. The molecule has 2 aromatic carbocycles. The third-order valence-corrected chi connectivity index (χ3v) is 4.56. The Morgan fingerprint density at radius 2 is 2.04 bits per heavy atom. The summed E-state index contributed by atoms with van der Waals surface area (Å²) in [6, 6.07) is 11.1. The van der Waals surface area contributed by atoms with Crippen LogP contribution in [0.3, 0.4) is 0 Å². The molecular formula is C20H17N3O3. The summed E-state index contributed by atoms with van der Waals surface area (Å²) >= 11 is 0. The van der Waals surface area contributed by atoms with Gasteiger partial charge in [0.2, 0.25) is 0 Å². The summed E-state index contributed by atoms with van der Waals surface area (Å²) in [5.74, 6) is 0.559. The summed E-state index contributed by atoms with van der Waals surface area (Å²) < 4.78 is 6.91. The van der Waals surface area contributed by atoms with Gasteiger partial charge in [0.05, 0.1) is 16.6 Å². The average Bonchev–Trinajstić information content (AvgIpc) is 2.64. The zero-order valence-corrected chi connectivity index (χ0v) is 14.5. The number of likely N-dealkylation sites (N-methyl/N-ethyl adjacent to an activating group) is 1. The molecule has 0 radical (unpaired) electrons. The number of carbonyl (C=O) groups is 1. The molecule has 6 heteroatoms. The Morgan fingerprint density at radius 3 is 2.81 bits per heavy atom. The lowest BCUT2D eigenvalue weighted by molar-refractivity contribution is -0.120. The molecule has 0 aliphatic carbocycles. The third kappa shape index (κ3) is 2.38. The molecule has 1 amide bonds. The predicted octanol–water partition coefficient (Wildman–Crippen LogP) is 2.91. The first-order valence-electron chi connectivity index (χ1n) is 8.17. The summed E-state index contributed by atoms with van der Waals surface area (Å²) in [4.78, 5) is 30.6. The minimum Gasteiger partial charge on any atom is -0.482 e. The van der Waals surface area contributed by atoms with Gasteiger partial charge in [0.1, 0.15) is 12.1 Å². The molecular weight excluding hydrogens is 330 g/mol. The highest BCUT2D eigenvalue weighted by molar-refractivity contribution is 5.99. The van der Waals surface area contributed by atoms with Crippen LogP contribution in [0.25, 0.3) is 27.7 Å². The van der Waals surface area contributed by atoms with Crippen LogP contribution in [0.2, 0.25) is 0 Å². The van der Waals surface area contributed by atoms with Gasteiger partial charge in [0, 0.05) is 18.3 Å². The maximum Gasteiger partial charge on any atom is 0.265 e. The lowest BCUT2D eigenvalue weighted by atomic mass is 10.0. The van der Waals surface area contributed by atoms with E-state index in [1.807, 2.05) is 30.3 Å². The van der Waals surface area contributed by atoms with Gasteiger partial charge >= 0.3 is 0 Å². The van der Waals surface area contributed by atoms with Gasteiger partial charge in [-0.3, -0.25) is 14.2 Å². The van der Waals surface area contributed by atoms with Crippen LogP contribution in [-0.2, 0) is 4.79 Å². The SMILES string of the molecule is C=C(C)n1cnc2c(-c3ccc4c(c3)N(C)C(=O)CO4)cccc2c1=O. The quantitative estimate of drug-likeness (QED) is 0.715. The molecule has 1 aliphatic rings. The molecule has 3 aromatic rings. The standard InChI is InChI=1S/C20H17N3O3/c1-12(2)23-11-21-19-14(5-4-6-15(19)20(23)25)13-7-8-17-16(9-13)22(3)18(24)10-26-17/h4-9,11H,1,10H2,2-3H3. The molecule has 0 bridgehead atoms. The first-order valence-corrected chi connectivity index (χ1v) is 8.17. The van der Waals surface area contributed by atoms with Gasteiger partial charge in [-0.25, -0.2) is 4.98 Å². The largest absolute Gasteiger partial charge is 0.482 e. The van der Waals surface area contributed by atoms with E-state index >= 15 is 0 Å². The maximum absolute atomic E-state index is 12.7. The highest BCUT2D eigenvalue weighted by Gasteiger charge is 2.23.